The Bertz CT molecular complexity index is 2390. The summed E-state index contributed by atoms with van der Waals surface area (Å²) in [6.45, 7) is 9.65. The van der Waals surface area contributed by atoms with E-state index in [1.807, 2.05) is 0 Å². The maximum atomic E-state index is 6.87. The molecule has 2 nitrogen and oxygen atoms in total. The van der Waals surface area contributed by atoms with Gasteiger partial charge in [0.2, 0.25) is 0 Å². The molecule has 2 unspecified atom stereocenters. The lowest BCUT2D eigenvalue weighted by atomic mass is 9.73. The molecule has 0 spiro atoms. The van der Waals surface area contributed by atoms with Crippen molar-refractivity contribution >= 4 is 27.9 Å². The summed E-state index contributed by atoms with van der Waals surface area (Å²) in [6.07, 6.45) is 18.2. The van der Waals surface area contributed by atoms with Gasteiger partial charge in [-0.3, -0.25) is 0 Å². The maximum absolute atomic E-state index is 6.87. The standard InChI is InChI=1S/C48H43NO/c1-47(2)39-20-10-8-18-34(39)36-25-24-33(27-41(36)47)49(32-17-12-16-31(26-32)30-14-6-5-7-15-30)43-22-13-23-44-46(43)38-28-37-35-19-9-11-21-40(35)48(3,4)42(37)29-45(38)50-44/h5-12,14-18,20-22,24-26,28-29,35,41H,13,19,23,27H2,1-4H3. The van der Waals surface area contributed by atoms with Gasteiger partial charge in [-0.2, -0.15) is 0 Å². The molecule has 0 bridgehead atoms. The summed E-state index contributed by atoms with van der Waals surface area (Å²) >= 11 is 0. The van der Waals surface area contributed by atoms with Crippen LogP contribution in [0.4, 0.5) is 5.69 Å². The molecule has 0 aliphatic heterocycles. The summed E-state index contributed by atoms with van der Waals surface area (Å²) in [7, 11) is 0. The van der Waals surface area contributed by atoms with Crippen LogP contribution in [-0.4, -0.2) is 0 Å². The lowest BCUT2D eigenvalue weighted by Gasteiger charge is -2.38. The zero-order chi connectivity index (χ0) is 33.8. The number of furan rings is 1. The molecule has 0 N–H and O–H groups in total. The number of anilines is 1. The van der Waals surface area contributed by atoms with E-state index in [1.54, 1.807) is 0 Å². The molecule has 0 radical (unpaired) electrons. The van der Waals surface area contributed by atoms with Gasteiger partial charge in [-0.15, -0.1) is 0 Å². The van der Waals surface area contributed by atoms with E-state index in [9.17, 15) is 0 Å². The molecule has 5 aromatic rings. The van der Waals surface area contributed by atoms with Crippen molar-refractivity contribution in [1.29, 1.82) is 0 Å². The van der Waals surface area contributed by atoms with Crippen molar-refractivity contribution < 1.29 is 4.42 Å². The average molecular weight is 650 g/mol. The summed E-state index contributed by atoms with van der Waals surface area (Å²) in [6, 6.07) is 33.9. The van der Waals surface area contributed by atoms with Crippen molar-refractivity contribution in [2.75, 3.05) is 4.90 Å². The third-order valence-corrected chi connectivity index (χ3v) is 12.6. The van der Waals surface area contributed by atoms with Gasteiger partial charge in [-0.25, -0.2) is 0 Å². The number of aryl methyl sites for hydroxylation is 1. The second kappa shape index (κ2) is 10.7. The van der Waals surface area contributed by atoms with Gasteiger partial charge in [0.1, 0.15) is 11.3 Å². The third-order valence-electron chi connectivity index (χ3n) is 12.6. The topological polar surface area (TPSA) is 16.4 Å². The van der Waals surface area contributed by atoms with Crippen molar-refractivity contribution in [2.45, 2.75) is 70.1 Å². The summed E-state index contributed by atoms with van der Waals surface area (Å²) in [5.41, 5.74) is 17.4. The molecule has 5 aliphatic rings. The minimum Gasteiger partial charge on any atom is -0.460 e. The van der Waals surface area contributed by atoms with Gasteiger partial charge in [0.15, 0.2) is 0 Å². The lowest BCUT2D eigenvalue weighted by molar-refractivity contribution is 0.406. The van der Waals surface area contributed by atoms with Crippen LogP contribution in [0.25, 0.3) is 33.4 Å². The van der Waals surface area contributed by atoms with Crippen LogP contribution in [0.1, 0.15) is 86.5 Å². The largest absolute Gasteiger partial charge is 0.460 e. The van der Waals surface area contributed by atoms with Gasteiger partial charge in [0.05, 0.1) is 5.70 Å². The molecule has 2 atom stereocenters. The fourth-order valence-corrected chi connectivity index (χ4v) is 10.0. The van der Waals surface area contributed by atoms with E-state index < -0.39 is 0 Å². The zero-order valence-electron chi connectivity index (χ0n) is 29.5. The number of benzene rings is 4. The fourth-order valence-electron chi connectivity index (χ4n) is 10.0. The van der Waals surface area contributed by atoms with Crippen LogP contribution >= 0.6 is 0 Å². The van der Waals surface area contributed by atoms with Gasteiger partial charge in [-0.1, -0.05) is 130 Å². The van der Waals surface area contributed by atoms with E-state index in [4.69, 9.17) is 4.42 Å². The molecule has 0 fully saturated rings. The monoisotopic (exact) mass is 649 g/mol. The van der Waals surface area contributed by atoms with Crippen LogP contribution in [0.15, 0.2) is 143 Å². The van der Waals surface area contributed by atoms with Crippen LogP contribution in [0, 0.1) is 5.92 Å². The van der Waals surface area contributed by atoms with Gasteiger partial charge in [0, 0.05) is 40.1 Å². The quantitative estimate of drug-likeness (QED) is 0.193. The van der Waals surface area contributed by atoms with E-state index in [0.29, 0.717) is 11.8 Å². The Morgan fingerprint density at radius 3 is 2.48 bits per heavy atom. The van der Waals surface area contributed by atoms with Gasteiger partial charge in [-0.05, 0) is 99.9 Å². The van der Waals surface area contributed by atoms with E-state index in [2.05, 4.69) is 160 Å². The molecular formula is C48H43NO. The summed E-state index contributed by atoms with van der Waals surface area (Å²) in [5.74, 6) is 1.95. The SMILES string of the molecule is CC1(C)C2=CC=CCC2c2cc3c4c(oc3cc21)CCC=C4N(C1=CC=C2c3ccccc3C(C)(C)C2C1)c1cccc(-c2ccccc2)c1. The molecule has 1 aromatic heterocycles. The molecule has 4 aromatic carbocycles. The number of nitrogens with zero attached hydrogens (tertiary/aromatic N) is 1. The Balaban J connectivity index is 1.16. The Hall–Kier alpha value is -5.08. The highest BCUT2D eigenvalue weighted by molar-refractivity contribution is 6.00. The normalized spacial score (nSPS) is 22.0. The molecule has 5 aliphatic carbocycles. The van der Waals surface area contributed by atoms with Crippen LogP contribution < -0.4 is 4.90 Å². The molecule has 246 valence electrons. The van der Waals surface area contributed by atoms with Crippen molar-refractivity contribution in [3.63, 3.8) is 0 Å². The van der Waals surface area contributed by atoms with Crippen molar-refractivity contribution in [1.82, 2.24) is 0 Å². The van der Waals surface area contributed by atoms with Crippen molar-refractivity contribution in [3.05, 3.63) is 172 Å². The van der Waals surface area contributed by atoms with Gasteiger partial charge >= 0.3 is 0 Å². The Labute approximate surface area is 295 Å². The number of rotatable bonds is 4. The molecule has 0 amide bonds. The number of fused-ring (bicyclic) bond motifs is 9. The highest BCUT2D eigenvalue weighted by atomic mass is 16.3. The lowest BCUT2D eigenvalue weighted by Crippen LogP contribution is -2.30. The summed E-state index contributed by atoms with van der Waals surface area (Å²) in [4.78, 5) is 2.58. The van der Waals surface area contributed by atoms with Crippen LogP contribution in [0.2, 0.25) is 0 Å². The van der Waals surface area contributed by atoms with Gasteiger partial charge < -0.3 is 9.32 Å². The second-order valence-electron chi connectivity index (χ2n) is 16.0. The molecular weight excluding hydrogens is 607 g/mol. The molecule has 10 rings (SSSR count). The third kappa shape index (κ3) is 4.21. The first-order chi connectivity index (χ1) is 24.3. The highest BCUT2D eigenvalue weighted by Gasteiger charge is 2.45. The van der Waals surface area contributed by atoms with E-state index >= 15 is 0 Å². The van der Waals surface area contributed by atoms with Crippen LogP contribution in [0.3, 0.4) is 0 Å². The molecule has 0 saturated heterocycles. The summed E-state index contributed by atoms with van der Waals surface area (Å²) in [5, 5.41) is 1.25. The minimum absolute atomic E-state index is 0.00254. The molecule has 1 heterocycles. The predicted octanol–water partition coefficient (Wildman–Crippen LogP) is 12.4. The Morgan fingerprint density at radius 1 is 0.780 bits per heavy atom. The first kappa shape index (κ1) is 29.8. The number of hydrogen-bond acceptors (Lipinski definition) is 2. The molecule has 0 saturated carbocycles. The Morgan fingerprint density at radius 2 is 1.60 bits per heavy atom. The highest BCUT2D eigenvalue weighted by Crippen LogP contribution is 2.57. The van der Waals surface area contributed by atoms with E-state index in [1.165, 1.54) is 72.6 Å². The van der Waals surface area contributed by atoms with Crippen LogP contribution in [0.5, 0.6) is 0 Å². The minimum atomic E-state index is -0.00254. The average Bonchev–Trinajstić information content (AvgIpc) is 3.71. The number of allylic oxidation sites excluding steroid dienone is 9. The maximum Gasteiger partial charge on any atom is 0.135 e. The summed E-state index contributed by atoms with van der Waals surface area (Å²) < 4.78 is 6.87. The predicted molar refractivity (Wildman–Crippen MR) is 208 cm³/mol. The number of hydrogen-bond donors (Lipinski definition) is 0. The Kier molecular flexibility index (Phi) is 6.38. The van der Waals surface area contributed by atoms with Crippen molar-refractivity contribution in [3.8, 4) is 11.1 Å². The molecule has 50 heavy (non-hydrogen) atoms. The van der Waals surface area contributed by atoms with E-state index in [-0.39, 0.29) is 10.8 Å². The zero-order valence-corrected chi connectivity index (χ0v) is 29.5. The van der Waals surface area contributed by atoms with Gasteiger partial charge in [0.25, 0.3) is 0 Å². The van der Waals surface area contributed by atoms with Crippen molar-refractivity contribution in [2.24, 2.45) is 5.92 Å². The van der Waals surface area contributed by atoms with Crippen LogP contribution in [-0.2, 0) is 17.3 Å². The molecule has 2 heteroatoms. The first-order valence-electron chi connectivity index (χ1n) is 18.4. The first-order valence-corrected chi connectivity index (χ1v) is 18.4. The van der Waals surface area contributed by atoms with E-state index in [0.717, 1.165) is 37.0 Å². The smallest absolute Gasteiger partial charge is 0.135 e. The second-order valence-corrected chi connectivity index (χ2v) is 16.0. The fraction of sp³-hybridized carbons (Fsp3) is 0.250.